The first-order valence-corrected chi connectivity index (χ1v) is 10.8. The molecule has 5 rings (SSSR count). The summed E-state index contributed by atoms with van der Waals surface area (Å²) in [6.45, 7) is 0.421. The van der Waals surface area contributed by atoms with Crippen LogP contribution in [0.1, 0.15) is 26.7 Å². The summed E-state index contributed by atoms with van der Waals surface area (Å²) in [6.07, 6.45) is 0. The van der Waals surface area contributed by atoms with E-state index >= 15 is 0 Å². The third kappa shape index (κ3) is 2.75. The standard InChI is InChI=1S/C23H19N3O4S/c1-25-13-16(14-6-4-7-15(12-14)26(29)30)20(21(27)19-10-5-11-31-19)23(25)17-8-2-3-9-18(17)24-22(23)28/h2-12,16,20H,13H2,1H3,(H,24,28)/t16-,20+,23+/m0/s1. The minimum Gasteiger partial charge on any atom is -0.324 e. The van der Waals surface area contributed by atoms with Crippen LogP contribution in [0.2, 0.25) is 0 Å². The molecular formula is C23H19N3O4S. The Balaban J connectivity index is 1.72. The second kappa shape index (κ2) is 7.11. The first-order valence-electron chi connectivity index (χ1n) is 9.89. The number of nitro benzene ring substituents is 1. The number of anilines is 1. The number of Topliss-reactive ketones (excluding diaryl/α,β-unsaturated/α-hetero) is 1. The zero-order valence-corrected chi connectivity index (χ0v) is 17.5. The molecule has 1 spiro atoms. The summed E-state index contributed by atoms with van der Waals surface area (Å²) in [5.41, 5.74) is 0.950. The van der Waals surface area contributed by atoms with Crippen molar-refractivity contribution in [2.75, 3.05) is 18.9 Å². The minimum atomic E-state index is -1.17. The molecule has 0 saturated carbocycles. The second-order valence-electron chi connectivity index (χ2n) is 7.92. The molecule has 3 atom stereocenters. The van der Waals surface area contributed by atoms with E-state index in [-0.39, 0.29) is 23.3 Å². The Hall–Kier alpha value is -3.36. The van der Waals surface area contributed by atoms with E-state index in [1.807, 2.05) is 47.7 Å². The van der Waals surface area contributed by atoms with Crippen LogP contribution in [0.4, 0.5) is 11.4 Å². The van der Waals surface area contributed by atoms with E-state index in [9.17, 15) is 19.7 Å². The summed E-state index contributed by atoms with van der Waals surface area (Å²) in [5.74, 6) is -1.46. The first kappa shape index (κ1) is 19.6. The SMILES string of the molecule is CN1C[C@@H](c2cccc([N+](=O)[O-])c2)[C@H](C(=O)c2cccs2)[C@]12C(=O)Nc1ccccc12. The van der Waals surface area contributed by atoms with Crippen molar-refractivity contribution < 1.29 is 14.5 Å². The van der Waals surface area contributed by atoms with E-state index in [0.717, 1.165) is 5.56 Å². The number of likely N-dealkylation sites (N-methyl/N-ethyl adjacent to an activating group) is 1. The summed E-state index contributed by atoms with van der Waals surface area (Å²) >= 11 is 1.34. The largest absolute Gasteiger partial charge is 0.324 e. The van der Waals surface area contributed by atoms with E-state index < -0.39 is 16.4 Å². The van der Waals surface area contributed by atoms with Crippen LogP contribution < -0.4 is 5.32 Å². The number of carbonyl (C=O) groups is 2. The Morgan fingerprint density at radius 3 is 2.74 bits per heavy atom. The topological polar surface area (TPSA) is 92.5 Å². The molecule has 2 aromatic carbocycles. The average Bonchev–Trinajstić information content (AvgIpc) is 3.47. The first-order chi connectivity index (χ1) is 14.9. The number of nitrogens with one attached hydrogen (secondary N) is 1. The van der Waals surface area contributed by atoms with Crippen molar-refractivity contribution in [3.05, 3.63) is 92.2 Å². The third-order valence-electron chi connectivity index (χ3n) is 6.41. The highest BCUT2D eigenvalue weighted by Crippen LogP contribution is 2.55. The highest BCUT2D eigenvalue weighted by atomic mass is 32.1. The number of benzene rings is 2. The zero-order chi connectivity index (χ0) is 21.8. The third-order valence-corrected chi connectivity index (χ3v) is 7.30. The van der Waals surface area contributed by atoms with E-state index in [0.29, 0.717) is 22.7 Å². The number of nitro groups is 1. The molecule has 1 N–H and O–H groups in total. The molecular weight excluding hydrogens is 414 g/mol. The molecule has 0 aliphatic carbocycles. The van der Waals surface area contributed by atoms with Gasteiger partial charge >= 0.3 is 0 Å². The summed E-state index contributed by atoms with van der Waals surface area (Å²) in [7, 11) is 1.84. The number of nitrogens with zero attached hydrogens (tertiary/aromatic N) is 2. The van der Waals surface area contributed by atoms with Gasteiger partial charge in [0.05, 0.1) is 15.7 Å². The van der Waals surface area contributed by atoms with Crippen LogP contribution >= 0.6 is 11.3 Å². The van der Waals surface area contributed by atoms with Gasteiger partial charge in [0.2, 0.25) is 5.91 Å². The molecule has 0 bridgehead atoms. The highest BCUT2D eigenvalue weighted by molar-refractivity contribution is 7.12. The smallest absolute Gasteiger partial charge is 0.269 e. The average molecular weight is 433 g/mol. The van der Waals surface area contributed by atoms with Gasteiger partial charge in [-0.15, -0.1) is 11.3 Å². The fourth-order valence-corrected chi connectivity index (χ4v) is 5.84. The minimum absolute atomic E-state index is 0.0281. The van der Waals surface area contributed by atoms with Crippen LogP contribution in [0.25, 0.3) is 0 Å². The summed E-state index contributed by atoms with van der Waals surface area (Å²) < 4.78 is 0. The fraction of sp³-hybridized carbons (Fsp3) is 0.217. The predicted octanol–water partition coefficient (Wildman–Crippen LogP) is 4.03. The molecule has 0 unspecified atom stereocenters. The van der Waals surface area contributed by atoms with Gasteiger partial charge in [0, 0.05) is 35.8 Å². The van der Waals surface area contributed by atoms with E-state index in [1.54, 1.807) is 18.2 Å². The fourth-order valence-electron chi connectivity index (χ4n) is 5.14. The number of amides is 1. The molecule has 156 valence electrons. The Bertz CT molecular complexity index is 1210. The molecule has 31 heavy (non-hydrogen) atoms. The van der Waals surface area contributed by atoms with Crippen LogP contribution in [0, 0.1) is 16.0 Å². The van der Waals surface area contributed by atoms with Crippen LogP contribution in [0.3, 0.4) is 0 Å². The molecule has 0 radical (unpaired) electrons. The predicted molar refractivity (Wildman–Crippen MR) is 117 cm³/mol. The number of fused-ring (bicyclic) bond motifs is 2. The van der Waals surface area contributed by atoms with Gasteiger partial charge < -0.3 is 5.32 Å². The number of likely N-dealkylation sites (tertiary alicyclic amines) is 1. The lowest BCUT2D eigenvalue weighted by Gasteiger charge is -2.35. The van der Waals surface area contributed by atoms with Crippen molar-refractivity contribution in [3.8, 4) is 0 Å². The molecule has 1 amide bonds. The van der Waals surface area contributed by atoms with E-state index in [4.69, 9.17) is 0 Å². The molecule has 7 nitrogen and oxygen atoms in total. The number of hydrogen-bond donors (Lipinski definition) is 1. The second-order valence-corrected chi connectivity index (χ2v) is 8.87. The molecule has 1 saturated heterocycles. The van der Waals surface area contributed by atoms with Crippen molar-refractivity contribution in [1.29, 1.82) is 0 Å². The van der Waals surface area contributed by atoms with Gasteiger partial charge in [-0.1, -0.05) is 36.4 Å². The van der Waals surface area contributed by atoms with Crippen molar-refractivity contribution >= 4 is 34.4 Å². The van der Waals surface area contributed by atoms with Gasteiger partial charge in [-0.05, 0) is 30.1 Å². The van der Waals surface area contributed by atoms with Gasteiger partial charge in [0.1, 0.15) is 5.54 Å². The van der Waals surface area contributed by atoms with Crippen molar-refractivity contribution in [3.63, 3.8) is 0 Å². The molecule has 1 fully saturated rings. The van der Waals surface area contributed by atoms with Crippen LogP contribution in [-0.2, 0) is 10.3 Å². The van der Waals surface area contributed by atoms with Crippen LogP contribution in [0.5, 0.6) is 0 Å². The lowest BCUT2D eigenvalue weighted by atomic mass is 9.71. The molecule has 2 aliphatic heterocycles. The van der Waals surface area contributed by atoms with Gasteiger partial charge in [0.15, 0.2) is 5.78 Å². The molecule has 2 aliphatic rings. The molecule has 8 heteroatoms. The van der Waals surface area contributed by atoms with Crippen molar-refractivity contribution in [1.82, 2.24) is 4.90 Å². The lowest BCUT2D eigenvalue weighted by molar-refractivity contribution is -0.384. The maximum atomic E-state index is 13.8. The lowest BCUT2D eigenvalue weighted by Crippen LogP contribution is -2.51. The van der Waals surface area contributed by atoms with Crippen LogP contribution in [-0.4, -0.2) is 35.1 Å². The number of hydrogen-bond acceptors (Lipinski definition) is 6. The Kier molecular flexibility index (Phi) is 4.49. The molecule has 3 aromatic rings. The van der Waals surface area contributed by atoms with Gasteiger partial charge in [-0.2, -0.15) is 0 Å². The summed E-state index contributed by atoms with van der Waals surface area (Å²) in [6, 6.07) is 17.4. The number of para-hydroxylation sites is 1. The van der Waals surface area contributed by atoms with E-state index in [2.05, 4.69) is 5.32 Å². The van der Waals surface area contributed by atoms with Gasteiger partial charge in [-0.3, -0.25) is 24.6 Å². The summed E-state index contributed by atoms with van der Waals surface area (Å²) in [5, 5.41) is 16.2. The Morgan fingerprint density at radius 1 is 1.19 bits per heavy atom. The number of rotatable bonds is 4. The quantitative estimate of drug-likeness (QED) is 0.381. The van der Waals surface area contributed by atoms with E-state index in [1.165, 1.54) is 23.5 Å². The summed E-state index contributed by atoms with van der Waals surface area (Å²) in [4.78, 5) is 40.8. The number of thiophene rings is 1. The van der Waals surface area contributed by atoms with Crippen LogP contribution in [0.15, 0.2) is 66.0 Å². The molecule has 1 aromatic heterocycles. The number of non-ortho nitro benzene ring substituents is 1. The van der Waals surface area contributed by atoms with Gasteiger partial charge in [-0.25, -0.2) is 0 Å². The molecule has 3 heterocycles. The van der Waals surface area contributed by atoms with Crippen molar-refractivity contribution in [2.24, 2.45) is 5.92 Å². The maximum absolute atomic E-state index is 13.8. The number of carbonyl (C=O) groups excluding carboxylic acids is 2. The maximum Gasteiger partial charge on any atom is 0.269 e. The highest BCUT2D eigenvalue weighted by Gasteiger charge is 2.64. The Morgan fingerprint density at radius 2 is 2.00 bits per heavy atom. The normalized spacial score (nSPS) is 24.9. The zero-order valence-electron chi connectivity index (χ0n) is 16.6. The number of ketones is 1. The van der Waals surface area contributed by atoms with Crippen molar-refractivity contribution in [2.45, 2.75) is 11.5 Å². The monoisotopic (exact) mass is 433 g/mol. The van der Waals surface area contributed by atoms with Gasteiger partial charge in [0.25, 0.3) is 5.69 Å². The Labute approximate surface area is 182 Å².